The standard InChI is InChI=1S/C17H19F2N3O5S/c1-3-4-22(28(2,25)26)9-10-5-14(19)12(6-13(10)18)17(7-11(23)8-17)15-20-21-16(24)27-15/h5-6H,3-4,7-9H2,1-2H3,(H,21,24). The molecule has 28 heavy (non-hydrogen) atoms. The molecule has 1 aromatic carbocycles. The summed E-state index contributed by atoms with van der Waals surface area (Å²) < 4.78 is 59.3. The van der Waals surface area contributed by atoms with Crippen molar-refractivity contribution in [2.75, 3.05) is 12.8 Å². The van der Waals surface area contributed by atoms with E-state index in [1.165, 1.54) is 0 Å². The second-order valence-corrected chi connectivity index (χ2v) is 8.90. The molecule has 8 nitrogen and oxygen atoms in total. The first-order chi connectivity index (χ1) is 13.1. The van der Waals surface area contributed by atoms with Gasteiger partial charge in [0.2, 0.25) is 15.9 Å². The van der Waals surface area contributed by atoms with Crippen molar-refractivity contribution >= 4 is 15.8 Å². The third-order valence-corrected chi connectivity index (χ3v) is 6.04. The minimum atomic E-state index is -3.60. The molecule has 1 aliphatic carbocycles. The maximum absolute atomic E-state index is 14.9. The molecule has 1 aliphatic rings. The van der Waals surface area contributed by atoms with Crippen LogP contribution < -0.4 is 5.76 Å². The van der Waals surface area contributed by atoms with Crippen molar-refractivity contribution in [1.82, 2.24) is 14.5 Å². The number of benzene rings is 1. The zero-order valence-electron chi connectivity index (χ0n) is 15.3. The Bertz CT molecular complexity index is 1070. The van der Waals surface area contributed by atoms with Crippen molar-refractivity contribution in [1.29, 1.82) is 0 Å². The number of hydrogen-bond donors (Lipinski definition) is 1. The van der Waals surface area contributed by atoms with E-state index in [2.05, 4.69) is 10.2 Å². The van der Waals surface area contributed by atoms with Crippen molar-refractivity contribution < 1.29 is 26.4 Å². The van der Waals surface area contributed by atoms with Crippen LogP contribution in [-0.2, 0) is 26.8 Å². The number of hydrogen-bond acceptors (Lipinski definition) is 6. The molecule has 1 saturated carbocycles. The molecule has 0 aliphatic heterocycles. The fourth-order valence-corrected chi connectivity index (χ4v) is 4.28. The summed E-state index contributed by atoms with van der Waals surface area (Å²) in [6.45, 7) is 1.62. The molecular weight excluding hydrogens is 396 g/mol. The number of carbonyl (C=O) groups excluding carboxylic acids is 1. The Morgan fingerprint density at radius 2 is 1.93 bits per heavy atom. The van der Waals surface area contributed by atoms with Crippen LogP contribution in [0, 0.1) is 11.6 Å². The average Bonchev–Trinajstić information content (AvgIpc) is 3.00. The Morgan fingerprint density at radius 3 is 2.43 bits per heavy atom. The number of aromatic amines is 1. The van der Waals surface area contributed by atoms with Gasteiger partial charge in [-0.15, -0.1) is 5.10 Å². The third kappa shape index (κ3) is 3.63. The van der Waals surface area contributed by atoms with Crippen LogP contribution >= 0.6 is 0 Å². The maximum Gasteiger partial charge on any atom is 0.434 e. The lowest BCUT2D eigenvalue weighted by molar-refractivity contribution is -0.127. The first-order valence-corrected chi connectivity index (χ1v) is 10.4. The zero-order valence-corrected chi connectivity index (χ0v) is 16.1. The Labute approximate surface area is 159 Å². The molecule has 0 radical (unpaired) electrons. The predicted octanol–water partition coefficient (Wildman–Crippen LogP) is 1.46. The summed E-state index contributed by atoms with van der Waals surface area (Å²) >= 11 is 0. The van der Waals surface area contributed by atoms with Gasteiger partial charge in [-0.1, -0.05) is 6.92 Å². The number of halogens is 2. The highest BCUT2D eigenvalue weighted by Crippen LogP contribution is 2.47. The molecule has 0 atom stereocenters. The number of nitrogens with zero attached hydrogens (tertiary/aromatic N) is 2. The molecular formula is C17H19F2N3O5S. The third-order valence-electron chi connectivity index (χ3n) is 4.79. The molecule has 0 bridgehead atoms. The van der Waals surface area contributed by atoms with Gasteiger partial charge in [0.1, 0.15) is 17.4 Å². The number of carbonyl (C=O) groups is 1. The number of H-pyrrole nitrogens is 1. The number of nitrogens with one attached hydrogen (secondary N) is 1. The number of ketones is 1. The maximum atomic E-state index is 14.9. The number of rotatable bonds is 7. The molecule has 2 aromatic rings. The molecule has 0 saturated heterocycles. The predicted molar refractivity (Wildman–Crippen MR) is 94.0 cm³/mol. The van der Waals surface area contributed by atoms with Crippen LogP contribution in [0.2, 0.25) is 0 Å². The molecule has 1 aromatic heterocycles. The van der Waals surface area contributed by atoms with Crippen LogP contribution in [0.5, 0.6) is 0 Å². The first kappa shape index (κ1) is 20.3. The summed E-state index contributed by atoms with van der Waals surface area (Å²) in [6.07, 6.45) is 1.15. The summed E-state index contributed by atoms with van der Waals surface area (Å²) in [5.74, 6) is -2.92. The van der Waals surface area contributed by atoms with Crippen molar-refractivity contribution in [3.63, 3.8) is 0 Å². The van der Waals surface area contributed by atoms with Gasteiger partial charge < -0.3 is 4.42 Å². The van der Waals surface area contributed by atoms with E-state index in [0.29, 0.717) is 6.42 Å². The van der Waals surface area contributed by atoms with E-state index in [0.717, 1.165) is 22.7 Å². The monoisotopic (exact) mass is 415 g/mol. The minimum absolute atomic E-state index is 0.135. The van der Waals surface area contributed by atoms with Crippen LogP contribution in [0.3, 0.4) is 0 Å². The summed E-state index contributed by atoms with van der Waals surface area (Å²) in [5.41, 5.74) is -1.66. The molecule has 0 amide bonds. The van der Waals surface area contributed by atoms with Crippen LogP contribution in [0.25, 0.3) is 0 Å². The molecule has 0 spiro atoms. The van der Waals surface area contributed by atoms with E-state index in [-0.39, 0.29) is 48.7 Å². The normalized spacial score (nSPS) is 16.4. The lowest BCUT2D eigenvalue weighted by Gasteiger charge is -2.37. The molecule has 1 heterocycles. The smallest absolute Gasteiger partial charge is 0.391 e. The van der Waals surface area contributed by atoms with Gasteiger partial charge in [-0.25, -0.2) is 27.1 Å². The fourth-order valence-electron chi connectivity index (χ4n) is 3.39. The van der Waals surface area contributed by atoms with Crippen LogP contribution in [-0.4, -0.2) is 41.5 Å². The van der Waals surface area contributed by atoms with Gasteiger partial charge in [-0.2, -0.15) is 4.31 Å². The van der Waals surface area contributed by atoms with Crippen molar-refractivity contribution in [3.8, 4) is 0 Å². The minimum Gasteiger partial charge on any atom is -0.391 e. The van der Waals surface area contributed by atoms with Crippen LogP contribution in [0.1, 0.15) is 43.2 Å². The lowest BCUT2D eigenvalue weighted by Crippen LogP contribution is -2.44. The van der Waals surface area contributed by atoms with Crippen molar-refractivity contribution in [2.24, 2.45) is 0 Å². The van der Waals surface area contributed by atoms with Crippen LogP contribution in [0.15, 0.2) is 21.3 Å². The number of sulfonamides is 1. The van der Waals surface area contributed by atoms with E-state index in [9.17, 15) is 26.8 Å². The molecule has 1 N–H and O–H groups in total. The highest BCUT2D eigenvalue weighted by molar-refractivity contribution is 7.88. The highest BCUT2D eigenvalue weighted by Gasteiger charge is 2.52. The van der Waals surface area contributed by atoms with E-state index in [1.807, 2.05) is 0 Å². The number of aromatic nitrogens is 2. The summed E-state index contributed by atoms with van der Waals surface area (Å²) in [7, 11) is -3.60. The van der Waals surface area contributed by atoms with E-state index >= 15 is 0 Å². The van der Waals surface area contributed by atoms with E-state index in [4.69, 9.17) is 4.42 Å². The van der Waals surface area contributed by atoms with Gasteiger partial charge in [-0.3, -0.25) is 4.79 Å². The molecule has 3 rings (SSSR count). The molecule has 11 heteroatoms. The summed E-state index contributed by atoms with van der Waals surface area (Å²) in [5, 5.41) is 5.74. The van der Waals surface area contributed by atoms with Gasteiger partial charge in [0.25, 0.3) is 0 Å². The van der Waals surface area contributed by atoms with Gasteiger partial charge >= 0.3 is 5.76 Å². The second kappa shape index (κ2) is 7.21. The highest BCUT2D eigenvalue weighted by atomic mass is 32.2. The zero-order chi connectivity index (χ0) is 20.7. The topological polar surface area (TPSA) is 113 Å². The fraction of sp³-hybridized carbons (Fsp3) is 0.471. The quantitative estimate of drug-likeness (QED) is 0.733. The van der Waals surface area contributed by atoms with Crippen molar-refractivity contribution in [2.45, 2.75) is 38.1 Å². The first-order valence-electron chi connectivity index (χ1n) is 8.58. The molecule has 1 fully saturated rings. The molecule has 152 valence electrons. The van der Waals surface area contributed by atoms with Crippen LogP contribution in [0.4, 0.5) is 8.78 Å². The number of Topliss-reactive ketones (excluding diaryl/α,β-unsaturated/α-hetero) is 1. The summed E-state index contributed by atoms with van der Waals surface area (Å²) in [4.78, 5) is 22.9. The van der Waals surface area contributed by atoms with E-state index < -0.39 is 32.8 Å². The van der Waals surface area contributed by atoms with Gasteiger partial charge in [0, 0.05) is 37.1 Å². The van der Waals surface area contributed by atoms with Gasteiger partial charge in [0.05, 0.1) is 11.7 Å². The SMILES string of the molecule is CCCN(Cc1cc(F)c(C2(c3n[nH]c(=O)o3)CC(=O)C2)cc1F)S(C)(=O)=O. The Kier molecular flexibility index (Phi) is 5.24. The molecule has 0 unspecified atom stereocenters. The summed E-state index contributed by atoms with van der Waals surface area (Å²) in [6, 6.07) is 1.83. The average molecular weight is 415 g/mol. The van der Waals surface area contributed by atoms with Gasteiger partial charge in [0.15, 0.2) is 0 Å². The Morgan fingerprint density at radius 1 is 1.25 bits per heavy atom. The van der Waals surface area contributed by atoms with Crippen molar-refractivity contribution in [3.05, 3.63) is 51.3 Å². The van der Waals surface area contributed by atoms with Gasteiger partial charge in [-0.05, 0) is 18.6 Å². The second-order valence-electron chi connectivity index (χ2n) is 6.91. The Hall–Kier alpha value is -2.40. The lowest BCUT2D eigenvalue weighted by atomic mass is 9.63. The largest absolute Gasteiger partial charge is 0.434 e. The Balaban J connectivity index is 2.02. The van der Waals surface area contributed by atoms with E-state index in [1.54, 1.807) is 6.92 Å².